The molecule has 1 aliphatic carbocycles. The molecule has 1 heterocycles. The fraction of sp³-hybridized carbons (Fsp3) is 0.467. The smallest absolute Gasteiger partial charge is 0.234 e. The van der Waals surface area contributed by atoms with Crippen molar-refractivity contribution in [2.24, 2.45) is 5.73 Å². The van der Waals surface area contributed by atoms with Crippen molar-refractivity contribution in [3.8, 4) is 0 Å². The van der Waals surface area contributed by atoms with Crippen molar-refractivity contribution < 1.29 is 4.52 Å². The van der Waals surface area contributed by atoms with Crippen molar-refractivity contribution in [3.63, 3.8) is 0 Å². The summed E-state index contributed by atoms with van der Waals surface area (Å²) in [5.74, 6) is 2.13. The highest BCUT2D eigenvalue weighted by atomic mass is 35.5. The number of thioether (sulfide) groups is 1. The van der Waals surface area contributed by atoms with Gasteiger partial charge in [-0.1, -0.05) is 29.6 Å². The molecule has 2 N–H and O–H groups in total. The lowest BCUT2D eigenvalue weighted by atomic mass is 9.86. The molecule has 0 bridgehead atoms. The Hall–Kier alpha value is -1.04. The lowest BCUT2D eigenvalue weighted by Gasteiger charge is -2.21. The zero-order valence-corrected chi connectivity index (χ0v) is 13.3. The van der Waals surface area contributed by atoms with Gasteiger partial charge in [-0.2, -0.15) is 4.98 Å². The van der Waals surface area contributed by atoms with Crippen molar-refractivity contribution in [1.29, 1.82) is 0 Å². The maximum atomic E-state index is 5.94. The maximum absolute atomic E-state index is 5.94. The summed E-state index contributed by atoms with van der Waals surface area (Å²) in [6.07, 6.45) is 4.48. The second-order valence-electron chi connectivity index (χ2n) is 5.45. The molecule has 0 amide bonds. The van der Waals surface area contributed by atoms with E-state index in [0.717, 1.165) is 28.6 Å². The van der Waals surface area contributed by atoms with Crippen LogP contribution in [0.1, 0.15) is 37.4 Å². The number of aromatic nitrogens is 2. The van der Waals surface area contributed by atoms with Crippen LogP contribution in [0.2, 0.25) is 5.02 Å². The van der Waals surface area contributed by atoms with Crippen LogP contribution in [-0.2, 0) is 11.2 Å². The van der Waals surface area contributed by atoms with E-state index in [1.165, 1.54) is 12.8 Å². The highest BCUT2D eigenvalue weighted by Crippen LogP contribution is 2.39. The summed E-state index contributed by atoms with van der Waals surface area (Å²) in [4.78, 5) is 5.70. The fourth-order valence-corrected chi connectivity index (χ4v) is 3.63. The van der Waals surface area contributed by atoms with Gasteiger partial charge in [-0.15, -0.1) is 11.8 Å². The first-order valence-electron chi connectivity index (χ1n) is 7.13. The van der Waals surface area contributed by atoms with Gasteiger partial charge in [0.1, 0.15) is 0 Å². The summed E-state index contributed by atoms with van der Waals surface area (Å²) in [6.45, 7) is 0.582. The van der Waals surface area contributed by atoms with E-state index in [1.54, 1.807) is 11.8 Å². The van der Waals surface area contributed by atoms with Crippen molar-refractivity contribution in [1.82, 2.24) is 10.1 Å². The highest BCUT2D eigenvalue weighted by Gasteiger charge is 2.39. The predicted octanol–water partition coefficient (Wildman–Crippen LogP) is 3.79. The molecule has 1 fully saturated rings. The monoisotopic (exact) mass is 323 g/mol. The minimum absolute atomic E-state index is 0.0871. The molecular formula is C15H18ClN3OS. The summed E-state index contributed by atoms with van der Waals surface area (Å²) in [5, 5.41) is 4.84. The first-order valence-corrected chi connectivity index (χ1v) is 8.50. The fourth-order valence-electron chi connectivity index (χ4n) is 2.76. The Kier molecular flexibility index (Phi) is 4.52. The third kappa shape index (κ3) is 3.25. The van der Waals surface area contributed by atoms with Gasteiger partial charge in [-0.3, -0.25) is 0 Å². The van der Waals surface area contributed by atoms with E-state index in [-0.39, 0.29) is 5.41 Å². The Bertz CT molecular complexity index is 593. The van der Waals surface area contributed by atoms with Gasteiger partial charge >= 0.3 is 0 Å². The third-order valence-electron chi connectivity index (χ3n) is 4.05. The number of halogens is 1. The van der Waals surface area contributed by atoms with Crippen LogP contribution in [0.3, 0.4) is 0 Å². The zero-order valence-electron chi connectivity index (χ0n) is 11.7. The summed E-state index contributed by atoms with van der Waals surface area (Å²) in [6, 6.07) is 7.75. The molecule has 3 rings (SSSR count). The molecule has 0 radical (unpaired) electrons. The quantitative estimate of drug-likeness (QED) is 0.848. The van der Waals surface area contributed by atoms with Gasteiger partial charge in [0.15, 0.2) is 5.82 Å². The highest BCUT2D eigenvalue weighted by molar-refractivity contribution is 7.98. The molecule has 1 aromatic heterocycles. The first kappa shape index (κ1) is 14.9. The second kappa shape index (κ2) is 6.38. The average Bonchev–Trinajstić information content (AvgIpc) is 3.16. The molecule has 6 heteroatoms. The van der Waals surface area contributed by atoms with Crippen LogP contribution in [0.4, 0.5) is 0 Å². The standard InChI is InChI=1S/C15H18ClN3OS/c16-11-3-5-12(6-4-11)21-9-13-18-14(20-19-13)15(10-17)7-1-2-8-15/h3-6H,1-2,7-10,17H2. The molecule has 0 aliphatic heterocycles. The topological polar surface area (TPSA) is 64.9 Å². The van der Waals surface area contributed by atoms with Crippen molar-refractivity contribution in [2.75, 3.05) is 6.54 Å². The Morgan fingerprint density at radius 1 is 1.24 bits per heavy atom. The molecule has 0 spiro atoms. The summed E-state index contributed by atoms with van der Waals surface area (Å²) >= 11 is 7.55. The van der Waals surface area contributed by atoms with Crippen LogP contribution >= 0.6 is 23.4 Å². The van der Waals surface area contributed by atoms with E-state index in [4.69, 9.17) is 21.9 Å². The molecule has 112 valence electrons. The average molecular weight is 324 g/mol. The van der Waals surface area contributed by atoms with Crippen LogP contribution < -0.4 is 5.73 Å². The lowest BCUT2D eigenvalue weighted by molar-refractivity contribution is 0.283. The largest absolute Gasteiger partial charge is 0.339 e. The molecule has 0 atom stereocenters. The zero-order chi connectivity index (χ0) is 14.7. The van der Waals surface area contributed by atoms with Gasteiger partial charge in [-0.05, 0) is 37.1 Å². The molecule has 4 nitrogen and oxygen atoms in total. The van der Waals surface area contributed by atoms with Gasteiger partial charge in [0.25, 0.3) is 0 Å². The minimum Gasteiger partial charge on any atom is -0.339 e. The van der Waals surface area contributed by atoms with Gasteiger partial charge in [0.2, 0.25) is 5.89 Å². The number of hydrogen-bond acceptors (Lipinski definition) is 5. The second-order valence-corrected chi connectivity index (χ2v) is 6.94. The van der Waals surface area contributed by atoms with E-state index < -0.39 is 0 Å². The SMILES string of the molecule is NCC1(c2nc(CSc3ccc(Cl)cc3)no2)CCCC1. The first-order chi connectivity index (χ1) is 10.2. The Balaban J connectivity index is 1.66. The lowest BCUT2D eigenvalue weighted by Crippen LogP contribution is -2.32. The molecule has 0 unspecified atom stereocenters. The van der Waals surface area contributed by atoms with Crippen LogP contribution in [0.5, 0.6) is 0 Å². The van der Waals surface area contributed by atoms with Gasteiger partial charge in [0, 0.05) is 16.5 Å². The van der Waals surface area contributed by atoms with E-state index >= 15 is 0 Å². The number of nitrogens with two attached hydrogens (primary N) is 1. The Morgan fingerprint density at radius 2 is 1.95 bits per heavy atom. The van der Waals surface area contributed by atoms with Gasteiger partial charge in [-0.25, -0.2) is 0 Å². The van der Waals surface area contributed by atoms with E-state index in [9.17, 15) is 0 Å². The predicted molar refractivity (Wildman–Crippen MR) is 84.5 cm³/mol. The molecule has 0 saturated heterocycles. The third-order valence-corrected chi connectivity index (χ3v) is 5.31. The molecule has 1 saturated carbocycles. The Morgan fingerprint density at radius 3 is 2.62 bits per heavy atom. The molecule has 1 aliphatic rings. The van der Waals surface area contributed by atoms with Crippen LogP contribution in [0.25, 0.3) is 0 Å². The molecule has 21 heavy (non-hydrogen) atoms. The van der Waals surface area contributed by atoms with Gasteiger partial charge in [0.05, 0.1) is 11.2 Å². The van der Waals surface area contributed by atoms with Crippen LogP contribution in [0, 0.1) is 0 Å². The Labute approximate surface area is 133 Å². The summed E-state index contributed by atoms with van der Waals surface area (Å²) in [7, 11) is 0. The van der Waals surface area contributed by atoms with Crippen molar-refractivity contribution >= 4 is 23.4 Å². The molecular weight excluding hydrogens is 306 g/mol. The number of nitrogens with zero attached hydrogens (tertiary/aromatic N) is 2. The minimum atomic E-state index is -0.0871. The normalized spacial score (nSPS) is 17.2. The van der Waals surface area contributed by atoms with Crippen LogP contribution in [0.15, 0.2) is 33.7 Å². The molecule has 1 aromatic carbocycles. The summed E-state index contributed by atoms with van der Waals surface area (Å²) in [5.41, 5.74) is 5.86. The van der Waals surface area contributed by atoms with Crippen molar-refractivity contribution in [3.05, 3.63) is 41.0 Å². The van der Waals surface area contributed by atoms with E-state index in [0.29, 0.717) is 18.2 Å². The molecule has 2 aromatic rings. The maximum Gasteiger partial charge on any atom is 0.234 e. The number of benzene rings is 1. The van der Waals surface area contributed by atoms with Crippen molar-refractivity contribution in [2.45, 2.75) is 41.7 Å². The van der Waals surface area contributed by atoms with E-state index in [2.05, 4.69) is 10.1 Å². The van der Waals surface area contributed by atoms with Gasteiger partial charge < -0.3 is 10.3 Å². The van der Waals surface area contributed by atoms with Crippen LogP contribution in [-0.4, -0.2) is 16.7 Å². The number of hydrogen-bond donors (Lipinski definition) is 1. The number of rotatable bonds is 5. The summed E-state index contributed by atoms with van der Waals surface area (Å²) < 4.78 is 5.47. The van der Waals surface area contributed by atoms with E-state index in [1.807, 2.05) is 24.3 Å².